The Morgan fingerprint density at radius 3 is 2.72 bits per heavy atom. The van der Waals surface area contributed by atoms with Gasteiger partial charge in [-0.1, -0.05) is 29.3 Å². The fourth-order valence-electron chi connectivity index (χ4n) is 3.23. The minimum atomic E-state index is 0.0309. The van der Waals surface area contributed by atoms with Gasteiger partial charge in [0.05, 0.1) is 18.2 Å². The van der Waals surface area contributed by atoms with Crippen LogP contribution in [0.2, 0.25) is 0 Å². The van der Waals surface area contributed by atoms with E-state index in [2.05, 4.69) is 37.4 Å². The van der Waals surface area contributed by atoms with Crippen LogP contribution in [0, 0.1) is 13.8 Å². The second-order valence-electron chi connectivity index (χ2n) is 5.52. The van der Waals surface area contributed by atoms with Crippen molar-refractivity contribution in [3.63, 3.8) is 0 Å². The van der Waals surface area contributed by atoms with Gasteiger partial charge in [-0.05, 0) is 31.6 Å². The van der Waals surface area contributed by atoms with E-state index in [1.165, 1.54) is 28.9 Å². The van der Waals surface area contributed by atoms with Crippen molar-refractivity contribution < 1.29 is 4.74 Å². The van der Waals surface area contributed by atoms with Gasteiger partial charge in [-0.15, -0.1) is 0 Å². The number of morpholine rings is 1. The maximum absolute atomic E-state index is 6.19. The average Bonchev–Trinajstić information content (AvgIpc) is 2.77. The number of hydrogen-bond acceptors (Lipinski definition) is 3. The second-order valence-corrected chi connectivity index (χ2v) is 6.63. The predicted octanol–water partition coefficient (Wildman–Crippen LogP) is 2.84. The Hall–Kier alpha value is -0.510. The molecular weight excluding hydrogens is 242 g/mol. The summed E-state index contributed by atoms with van der Waals surface area (Å²) in [5.41, 5.74) is 4.12. The molecule has 0 radical (unpaired) electrons. The second kappa shape index (κ2) is 4.87. The van der Waals surface area contributed by atoms with Crippen LogP contribution in [0.5, 0.6) is 0 Å². The lowest BCUT2D eigenvalue weighted by Gasteiger charge is -2.42. The first-order chi connectivity index (χ1) is 8.70. The third-order valence-corrected chi connectivity index (χ3v) is 5.15. The molecule has 2 heterocycles. The molecule has 0 aromatic heterocycles. The summed E-state index contributed by atoms with van der Waals surface area (Å²) in [5.74, 6) is 2.35. The van der Waals surface area contributed by atoms with Crippen LogP contribution in [-0.4, -0.2) is 30.3 Å². The van der Waals surface area contributed by atoms with Crippen LogP contribution < -0.4 is 5.32 Å². The van der Waals surface area contributed by atoms with Crippen molar-refractivity contribution in [1.82, 2.24) is 5.32 Å². The number of thioether (sulfide) groups is 1. The molecule has 98 valence electrons. The van der Waals surface area contributed by atoms with Crippen LogP contribution in [0.15, 0.2) is 18.2 Å². The van der Waals surface area contributed by atoms with Crippen LogP contribution in [0.25, 0.3) is 0 Å². The van der Waals surface area contributed by atoms with Gasteiger partial charge in [0.1, 0.15) is 0 Å². The molecule has 18 heavy (non-hydrogen) atoms. The Balaban J connectivity index is 1.97. The maximum Gasteiger partial charge on any atom is 0.0974 e. The summed E-state index contributed by atoms with van der Waals surface area (Å²) >= 11 is 2.02. The van der Waals surface area contributed by atoms with Crippen molar-refractivity contribution in [2.75, 3.05) is 24.7 Å². The first-order valence-electron chi connectivity index (χ1n) is 6.73. The minimum Gasteiger partial charge on any atom is -0.371 e. The summed E-state index contributed by atoms with van der Waals surface area (Å²) in [7, 11) is 0. The predicted molar refractivity (Wildman–Crippen MR) is 77.3 cm³/mol. The topological polar surface area (TPSA) is 21.3 Å². The summed E-state index contributed by atoms with van der Waals surface area (Å²) in [6.45, 7) is 6.17. The molecule has 2 atom stereocenters. The van der Waals surface area contributed by atoms with Gasteiger partial charge in [-0.3, -0.25) is 0 Å². The van der Waals surface area contributed by atoms with E-state index in [0.29, 0.717) is 6.04 Å². The van der Waals surface area contributed by atoms with Crippen LogP contribution in [-0.2, 0) is 4.74 Å². The third-order valence-electron chi connectivity index (χ3n) is 3.96. The van der Waals surface area contributed by atoms with Crippen molar-refractivity contribution in [3.05, 3.63) is 34.9 Å². The molecule has 2 saturated heterocycles. The zero-order valence-electron chi connectivity index (χ0n) is 11.2. The summed E-state index contributed by atoms with van der Waals surface area (Å²) < 4.78 is 6.19. The van der Waals surface area contributed by atoms with Crippen LogP contribution >= 0.6 is 11.8 Å². The average molecular weight is 263 g/mol. The first kappa shape index (κ1) is 12.5. The smallest absolute Gasteiger partial charge is 0.0974 e. The zero-order valence-corrected chi connectivity index (χ0v) is 12.0. The van der Waals surface area contributed by atoms with Crippen molar-refractivity contribution in [3.8, 4) is 0 Å². The molecule has 0 saturated carbocycles. The van der Waals surface area contributed by atoms with Gasteiger partial charge in [0.15, 0.2) is 0 Å². The van der Waals surface area contributed by atoms with Gasteiger partial charge >= 0.3 is 0 Å². The normalized spacial score (nSPS) is 32.0. The number of nitrogens with one attached hydrogen (secondary N) is 1. The molecule has 3 rings (SSSR count). The van der Waals surface area contributed by atoms with E-state index in [1.54, 1.807) is 0 Å². The standard InChI is InChI=1S/C15H21NOS/c1-11-7-12(2)9-13(8-11)14-15(3-6-18-10-15)17-5-4-16-14/h7-9,14,16H,3-6,10H2,1-2H3. The van der Waals surface area contributed by atoms with E-state index in [0.717, 1.165) is 18.9 Å². The fourth-order valence-corrected chi connectivity index (χ4v) is 4.60. The van der Waals surface area contributed by atoms with Gasteiger partial charge in [0.2, 0.25) is 0 Å². The molecule has 1 spiro atoms. The van der Waals surface area contributed by atoms with Gasteiger partial charge in [0, 0.05) is 12.3 Å². The SMILES string of the molecule is Cc1cc(C)cc(C2NCCOC23CCSC3)c1. The number of rotatable bonds is 1. The highest BCUT2D eigenvalue weighted by molar-refractivity contribution is 7.99. The third kappa shape index (κ3) is 2.20. The minimum absolute atomic E-state index is 0.0309. The highest BCUT2D eigenvalue weighted by atomic mass is 32.2. The molecule has 1 aromatic carbocycles. The Labute approximate surface area is 113 Å². The highest BCUT2D eigenvalue weighted by Crippen LogP contribution is 2.42. The molecule has 2 aliphatic heterocycles. The molecule has 2 nitrogen and oxygen atoms in total. The molecule has 2 fully saturated rings. The number of hydrogen-bond donors (Lipinski definition) is 1. The lowest BCUT2D eigenvalue weighted by Crippen LogP contribution is -2.52. The molecule has 1 N–H and O–H groups in total. The Morgan fingerprint density at radius 1 is 1.28 bits per heavy atom. The summed E-state index contributed by atoms with van der Waals surface area (Å²) in [4.78, 5) is 0. The van der Waals surface area contributed by atoms with E-state index in [1.807, 2.05) is 11.8 Å². The van der Waals surface area contributed by atoms with Gasteiger partial charge in [-0.2, -0.15) is 11.8 Å². The van der Waals surface area contributed by atoms with E-state index >= 15 is 0 Å². The van der Waals surface area contributed by atoms with Crippen molar-refractivity contribution in [1.29, 1.82) is 0 Å². The van der Waals surface area contributed by atoms with E-state index in [4.69, 9.17) is 4.74 Å². The Morgan fingerprint density at radius 2 is 2.06 bits per heavy atom. The Kier molecular flexibility index (Phi) is 3.39. The molecular formula is C15H21NOS. The zero-order chi connectivity index (χ0) is 12.6. The van der Waals surface area contributed by atoms with E-state index in [-0.39, 0.29) is 5.60 Å². The number of ether oxygens (including phenoxy) is 1. The largest absolute Gasteiger partial charge is 0.371 e. The Bertz CT molecular complexity index is 420. The monoisotopic (exact) mass is 263 g/mol. The van der Waals surface area contributed by atoms with Crippen LogP contribution in [0.4, 0.5) is 0 Å². The molecule has 3 heteroatoms. The quantitative estimate of drug-likeness (QED) is 0.842. The highest BCUT2D eigenvalue weighted by Gasteiger charge is 2.45. The van der Waals surface area contributed by atoms with E-state index in [9.17, 15) is 0 Å². The van der Waals surface area contributed by atoms with E-state index < -0.39 is 0 Å². The van der Waals surface area contributed by atoms with Crippen molar-refractivity contribution in [2.24, 2.45) is 0 Å². The maximum atomic E-state index is 6.19. The molecule has 1 aromatic rings. The molecule has 0 aliphatic carbocycles. The van der Waals surface area contributed by atoms with Crippen LogP contribution in [0.3, 0.4) is 0 Å². The summed E-state index contributed by atoms with van der Waals surface area (Å²) in [5, 5.41) is 3.68. The van der Waals surface area contributed by atoms with Gasteiger partial charge < -0.3 is 10.1 Å². The summed E-state index contributed by atoms with van der Waals surface area (Å²) in [6, 6.07) is 7.22. The fraction of sp³-hybridized carbons (Fsp3) is 0.600. The lowest BCUT2D eigenvalue weighted by atomic mass is 9.85. The molecule has 0 bridgehead atoms. The summed E-state index contributed by atoms with van der Waals surface area (Å²) in [6.07, 6.45) is 1.17. The van der Waals surface area contributed by atoms with Crippen LogP contribution in [0.1, 0.15) is 29.2 Å². The number of aryl methyl sites for hydroxylation is 2. The molecule has 2 unspecified atom stereocenters. The molecule has 2 aliphatic rings. The van der Waals surface area contributed by atoms with Gasteiger partial charge in [-0.25, -0.2) is 0 Å². The van der Waals surface area contributed by atoms with Crippen molar-refractivity contribution >= 4 is 11.8 Å². The number of benzene rings is 1. The lowest BCUT2D eigenvalue weighted by molar-refractivity contribution is -0.0796. The van der Waals surface area contributed by atoms with Gasteiger partial charge in [0.25, 0.3) is 0 Å². The van der Waals surface area contributed by atoms with Crippen molar-refractivity contribution in [2.45, 2.75) is 31.9 Å². The molecule has 0 amide bonds. The first-order valence-corrected chi connectivity index (χ1v) is 7.88.